The molecule has 0 unspecified atom stereocenters. The van der Waals surface area contributed by atoms with Crippen molar-refractivity contribution in [2.75, 3.05) is 19.8 Å². The number of hydrogen-bond acceptors (Lipinski definition) is 3. The maximum Gasteiger partial charge on any atom is 0.0807 e. The standard InChI is InChI=1S/C18H35NO2/c1-5-15-8-10-18(11-9-15,14-19-16-6-7-16)21-13-12-20-17(2,3)4/h15-16,19H,5-14H2,1-4H3. The molecule has 3 nitrogen and oxygen atoms in total. The highest BCUT2D eigenvalue weighted by Crippen LogP contribution is 2.36. The van der Waals surface area contributed by atoms with Crippen molar-refractivity contribution in [1.29, 1.82) is 0 Å². The van der Waals surface area contributed by atoms with E-state index in [0.29, 0.717) is 6.61 Å². The molecular weight excluding hydrogens is 262 g/mol. The van der Waals surface area contributed by atoms with Gasteiger partial charge in [-0.3, -0.25) is 0 Å². The maximum atomic E-state index is 6.35. The Morgan fingerprint density at radius 1 is 1.05 bits per heavy atom. The fraction of sp³-hybridized carbons (Fsp3) is 1.00. The molecule has 0 atom stereocenters. The minimum atomic E-state index is -0.0668. The summed E-state index contributed by atoms with van der Waals surface area (Å²) in [4.78, 5) is 0. The van der Waals surface area contributed by atoms with Crippen LogP contribution in [0.2, 0.25) is 0 Å². The van der Waals surface area contributed by atoms with Crippen molar-refractivity contribution in [3.8, 4) is 0 Å². The SMILES string of the molecule is CCC1CCC(CNC2CC2)(OCCOC(C)(C)C)CC1. The normalized spacial score (nSPS) is 30.6. The first-order valence-corrected chi connectivity index (χ1v) is 8.94. The molecule has 0 bridgehead atoms. The van der Waals surface area contributed by atoms with Crippen molar-refractivity contribution in [3.05, 3.63) is 0 Å². The van der Waals surface area contributed by atoms with E-state index in [0.717, 1.165) is 25.1 Å². The van der Waals surface area contributed by atoms with Gasteiger partial charge >= 0.3 is 0 Å². The van der Waals surface area contributed by atoms with Crippen LogP contribution in [0.1, 0.15) is 72.6 Å². The van der Waals surface area contributed by atoms with Crippen LogP contribution in [0.4, 0.5) is 0 Å². The summed E-state index contributed by atoms with van der Waals surface area (Å²) >= 11 is 0. The van der Waals surface area contributed by atoms with Crippen molar-refractivity contribution in [2.24, 2.45) is 5.92 Å². The molecule has 1 N–H and O–H groups in total. The molecule has 124 valence electrons. The number of nitrogens with one attached hydrogen (secondary N) is 1. The van der Waals surface area contributed by atoms with Crippen LogP contribution in [0.5, 0.6) is 0 Å². The quantitative estimate of drug-likeness (QED) is 0.689. The van der Waals surface area contributed by atoms with Crippen molar-refractivity contribution < 1.29 is 9.47 Å². The zero-order chi connectivity index (χ0) is 15.3. The summed E-state index contributed by atoms with van der Waals surface area (Å²) in [6, 6.07) is 0.764. The smallest absolute Gasteiger partial charge is 0.0807 e. The average molecular weight is 297 g/mol. The molecule has 0 aromatic carbocycles. The molecule has 0 aliphatic heterocycles. The van der Waals surface area contributed by atoms with E-state index in [2.05, 4.69) is 33.0 Å². The minimum absolute atomic E-state index is 0.0650. The Hall–Kier alpha value is -0.120. The van der Waals surface area contributed by atoms with Gasteiger partial charge in [0.1, 0.15) is 0 Å². The topological polar surface area (TPSA) is 30.5 Å². The van der Waals surface area contributed by atoms with E-state index in [9.17, 15) is 0 Å². The van der Waals surface area contributed by atoms with E-state index in [1.165, 1.54) is 44.9 Å². The molecular formula is C18H35NO2. The number of rotatable bonds is 8. The van der Waals surface area contributed by atoms with E-state index < -0.39 is 0 Å². The molecule has 2 aliphatic carbocycles. The van der Waals surface area contributed by atoms with Gasteiger partial charge in [0.15, 0.2) is 0 Å². The summed E-state index contributed by atoms with van der Waals surface area (Å²) in [6.07, 6.45) is 9.08. The Morgan fingerprint density at radius 3 is 2.24 bits per heavy atom. The summed E-state index contributed by atoms with van der Waals surface area (Å²) in [5.41, 5.74) is -0.00182. The third-order valence-electron chi connectivity index (χ3n) is 4.91. The second-order valence-corrected chi connectivity index (χ2v) is 8.00. The third kappa shape index (κ3) is 6.25. The van der Waals surface area contributed by atoms with Crippen LogP contribution in [0.15, 0.2) is 0 Å². The Kier molecular flexibility index (Phi) is 6.10. The zero-order valence-electron chi connectivity index (χ0n) is 14.5. The Morgan fingerprint density at radius 2 is 1.71 bits per heavy atom. The molecule has 3 heteroatoms. The monoisotopic (exact) mass is 297 g/mol. The summed E-state index contributed by atoms with van der Waals surface area (Å²) in [5.74, 6) is 0.911. The Labute approximate surface area is 131 Å². The zero-order valence-corrected chi connectivity index (χ0v) is 14.5. The van der Waals surface area contributed by atoms with E-state index in [-0.39, 0.29) is 11.2 Å². The van der Waals surface area contributed by atoms with E-state index in [1.807, 2.05) is 0 Å². The first-order chi connectivity index (χ1) is 9.92. The highest BCUT2D eigenvalue weighted by molar-refractivity contribution is 4.92. The molecule has 2 fully saturated rings. The molecule has 2 rings (SSSR count). The van der Waals surface area contributed by atoms with Crippen LogP contribution in [-0.4, -0.2) is 37.0 Å². The van der Waals surface area contributed by atoms with Crippen LogP contribution in [0.3, 0.4) is 0 Å². The maximum absolute atomic E-state index is 6.35. The fourth-order valence-corrected chi connectivity index (χ4v) is 3.21. The molecule has 2 saturated carbocycles. The Balaban J connectivity index is 1.77. The van der Waals surface area contributed by atoms with Crippen LogP contribution in [-0.2, 0) is 9.47 Å². The van der Waals surface area contributed by atoms with Gasteiger partial charge in [-0.05, 0) is 65.2 Å². The lowest BCUT2D eigenvalue weighted by atomic mass is 9.77. The van der Waals surface area contributed by atoms with E-state index in [1.54, 1.807) is 0 Å². The molecule has 0 heterocycles. The lowest BCUT2D eigenvalue weighted by Crippen LogP contribution is -2.47. The summed E-state index contributed by atoms with van der Waals surface area (Å²) in [7, 11) is 0. The van der Waals surface area contributed by atoms with Gasteiger partial charge < -0.3 is 14.8 Å². The van der Waals surface area contributed by atoms with Crippen LogP contribution < -0.4 is 5.32 Å². The predicted octanol–water partition coefficient (Wildman–Crippen LogP) is 3.91. The first kappa shape index (κ1) is 17.2. The van der Waals surface area contributed by atoms with Crippen molar-refractivity contribution in [2.45, 2.75) is 89.9 Å². The highest BCUT2D eigenvalue weighted by atomic mass is 16.5. The van der Waals surface area contributed by atoms with Crippen LogP contribution >= 0.6 is 0 Å². The van der Waals surface area contributed by atoms with E-state index >= 15 is 0 Å². The molecule has 0 amide bonds. The van der Waals surface area contributed by atoms with Gasteiger partial charge in [-0.25, -0.2) is 0 Å². The highest BCUT2D eigenvalue weighted by Gasteiger charge is 2.37. The van der Waals surface area contributed by atoms with Gasteiger partial charge in [-0.1, -0.05) is 13.3 Å². The van der Waals surface area contributed by atoms with Crippen LogP contribution in [0, 0.1) is 5.92 Å². The second-order valence-electron chi connectivity index (χ2n) is 8.00. The first-order valence-electron chi connectivity index (χ1n) is 8.94. The Bertz CT molecular complexity index is 299. The summed E-state index contributed by atoms with van der Waals surface area (Å²) < 4.78 is 12.1. The predicted molar refractivity (Wildman–Crippen MR) is 87.7 cm³/mol. The molecule has 0 radical (unpaired) electrons. The number of hydrogen-bond donors (Lipinski definition) is 1. The summed E-state index contributed by atoms with van der Waals surface area (Å²) in [6.45, 7) is 11.1. The van der Waals surface area contributed by atoms with Crippen molar-refractivity contribution in [1.82, 2.24) is 5.32 Å². The molecule has 0 saturated heterocycles. The van der Waals surface area contributed by atoms with Gasteiger partial charge in [-0.2, -0.15) is 0 Å². The molecule has 0 aromatic rings. The molecule has 21 heavy (non-hydrogen) atoms. The van der Waals surface area contributed by atoms with Gasteiger partial charge in [-0.15, -0.1) is 0 Å². The van der Waals surface area contributed by atoms with Gasteiger partial charge in [0.25, 0.3) is 0 Å². The number of ether oxygens (including phenoxy) is 2. The van der Waals surface area contributed by atoms with Gasteiger partial charge in [0.05, 0.1) is 24.4 Å². The average Bonchev–Trinajstić information content (AvgIpc) is 3.26. The third-order valence-corrected chi connectivity index (χ3v) is 4.91. The van der Waals surface area contributed by atoms with Crippen LogP contribution in [0.25, 0.3) is 0 Å². The second kappa shape index (κ2) is 7.43. The van der Waals surface area contributed by atoms with E-state index in [4.69, 9.17) is 9.47 Å². The molecule has 2 aliphatic rings. The minimum Gasteiger partial charge on any atom is -0.373 e. The largest absolute Gasteiger partial charge is 0.373 e. The van der Waals surface area contributed by atoms with Crippen molar-refractivity contribution >= 4 is 0 Å². The van der Waals surface area contributed by atoms with Gasteiger partial charge in [0.2, 0.25) is 0 Å². The fourth-order valence-electron chi connectivity index (χ4n) is 3.21. The summed E-state index contributed by atoms with van der Waals surface area (Å²) in [5, 5.41) is 3.69. The lowest BCUT2D eigenvalue weighted by molar-refractivity contribution is -0.110. The lowest BCUT2D eigenvalue weighted by Gasteiger charge is -2.40. The van der Waals surface area contributed by atoms with Gasteiger partial charge in [0, 0.05) is 12.6 Å². The molecule has 0 aromatic heterocycles. The van der Waals surface area contributed by atoms with Crippen molar-refractivity contribution in [3.63, 3.8) is 0 Å². The molecule has 0 spiro atoms.